The molecule has 2 heterocycles. The van der Waals surface area contributed by atoms with Gasteiger partial charge in [0.2, 0.25) is 0 Å². The van der Waals surface area contributed by atoms with Crippen LogP contribution in [0.2, 0.25) is 0 Å². The lowest BCUT2D eigenvalue weighted by molar-refractivity contribution is 0.0690. The fourth-order valence-corrected chi connectivity index (χ4v) is 1.40. The SMILES string of the molecule is Cc1ccnn1Cc1cccc(C(=O)O)n1. The molecule has 0 fully saturated rings. The van der Waals surface area contributed by atoms with Gasteiger partial charge in [0.15, 0.2) is 0 Å². The zero-order chi connectivity index (χ0) is 11.5. The highest BCUT2D eigenvalue weighted by Gasteiger charge is 2.06. The average molecular weight is 217 g/mol. The molecular formula is C11H11N3O2. The molecular weight excluding hydrogens is 206 g/mol. The molecule has 0 spiro atoms. The summed E-state index contributed by atoms with van der Waals surface area (Å²) in [5.41, 5.74) is 1.76. The molecule has 16 heavy (non-hydrogen) atoms. The van der Waals surface area contributed by atoms with Crippen LogP contribution in [0.3, 0.4) is 0 Å². The van der Waals surface area contributed by atoms with Crippen molar-refractivity contribution in [1.82, 2.24) is 14.8 Å². The molecule has 1 N–H and O–H groups in total. The summed E-state index contributed by atoms with van der Waals surface area (Å²) in [6.45, 7) is 2.42. The number of pyridine rings is 1. The molecule has 0 aliphatic heterocycles. The fourth-order valence-electron chi connectivity index (χ4n) is 1.40. The second kappa shape index (κ2) is 4.14. The summed E-state index contributed by atoms with van der Waals surface area (Å²) in [7, 11) is 0. The lowest BCUT2D eigenvalue weighted by Gasteiger charge is -2.04. The summed E-state index contributed by atoms with van der Waals surface area (Å²) < 4.78 is 1.77. The standard InChI is InChI=1S/C11H11N3O2/c1-8-5-6-12-14(8)7-9-3-2-4-10(13-9)11(15)16/h2-6H,7H2,1H3,(H,15,16). The van der Waals surface area contributed by atoms with Crippen LogP contribution in [0.5, 0.6) is 0 Å². The van der Waals surface area contributed by atoms with Gasteiger partial charge in [-0.3, -0.25) is 4.68 Å². The van der Waals surface area contributed by atoms with Crippen molar-refractivity contribution in [2.45, 2.75) is 13.5 Å². The Hall–Kier alpha value is -2.17. The maximum absolute atomic E-state index is 10.7. The van der Waals surface area contributed by atoms with E-state index in [2.05, 4.69) is 10.1 Å². The van der Waals surface area contributed by atoms with Crippen LogP contribution >= 0.6 is 0 Å². The van der Waals surface area contributed by atoms with Crippen LogP contribution in [-0.4, -0.2) is 25.8 Å². The van der Waals surface area contributed by atoms with Crippen LogP contribution in [0.25, 0.3) is 0 Å². The second-order valence-electron chi connectivity index (χ2n) is 3.45. The van der Waals surface area contributed by atoms with Gasteiger partial charge in [0.1, 0.15) is 5.69 Å². The number of aryl methyl sites for hydroxylation is 1. The van der Waals surface area contributed by atoms with E-state index in [4.69, 9.17) is 5.11 Å². The Morgan fingerprint density at radius 3 is 2.88 bits per heavy atom. The minimum atomic E-state index is -1.01. The molecule has 0 atom stereocenters. The molecule has 0 amide bonds. The summed E-state index contributed by atoms with van der Waals surface area (Å²) in [4.78, 5) is 14.8. The van der Waals surface area contributed by atoms with Gasteiger partial charge in [-0.1, -0.05) is 6.07 Å². The van der Waals surface area contributed by atoms with Crippen molar-refractivity contribution < 1.29 is 9.90 Å². The number of carboxylic acid groups (broad SMARTS) is 1. The van der Waals surface area contributed by atoms with Crippen molar-refractivity contribution in [3.63, 3.8) is 0 Å². The van der Waals surface area contributed by atoms with E-state index in [0.29, 0.717) is 12.2 Å². The van der Waals surface area contributed by atoms with E-state index in [1.165, 1.54) is 6.07 Å². The third-order valence-electron chi connectivity index (χ3n) is 2.27. The number of aromatic nitrogens is 3. The predicted octanol–water partition coefficient (Wildman–Crippen LogP) is 1.33. The number of carbonyl (C=O) groups is 1. The first-order chi connectivity index (χ1) is 7.66. The lowest BCUT2D eigenvalue weighted by atomic mass is 10.3. The van der Waals surface area contributed by atoms with Crippen LogP contribution < -0.4 is 0 Å². The maximum atomic E-state index is 10.7. The van der Waals surface area contributed by atoms with E-state index < -0.39 is 5.97 Å². The van der Waals surface area contributed by atoms with Gasteiger partial charge in [-0.15, -0.1) is 0 Å². The van der Waals surface area contributed by atoms with Gasteiger partial charge in [0, 0.05) is 11.9 Å². The summed E-state index contributed by atoms with van der Waals surface area (Å²) >= 11 is 0. The highest BCUT2D eigenvalue weighted by molar-refractivity contribution is 5.85. The molecule has 82 valence electrons. The van der Waals surface area contributed by atoms with Gasteiger partial charge in [-0.05, 0) is 25.1 Å². The summed E-state index contributed by atoms with van der Waals surface area (Å²) in [6, 6.07) is 6.83. The Balaban J connectivity index is 2.25. The smallest absolute Gasteiger partial charge is 0.354 e. The Labute approximate surface area is 92.4 Å². The molecule has 0 saturated heterocycles. The van der Waals surface area contributed by atoms with Crippen LogP contribution in [0, 0.1) is 6.92 Å². The highest BCUT2D eigenvalue weighted by atomic mass is 16.4. The molecule has 0 aliphatic carbocycles. The van der Waals surface area contributed by atoms with Crippen LogP contribution in [0.1, 0.15) is 21.9 Å². The number of carboxylic acids is 1. The van der Waals surface area contributed by atoms with E-state index in [9.17, 15) is 4.79 Å². The molecule has 0 aliphatic rings. The molecule has 0 aromatic carbocycles. The van der Waals surface area contributed by atoms with Crippen molar-refractivity contribution in [2.75, 3.05) is 0 Å². The lowest BCUT2D eigenvalue weighted by Crippen LogP contribution is -2.08. The zero-order valence-corrected chi connectivity index (χ0v) is 8.79. The molecule has 0 bridgehead atoms. The van der Waals surface area contributed by atoms with Crippen molar-refractivity contribution >= 4 is 5.97 Å². The van der Waals surface area contributed by atoms with Gasteiger partial charge in [0.25, 0.3) is 0 Å². The maximum Gasteiger partial charge on any atom is 0.354 e. The molecule has 0 radical (unpaired) electrons. The Morgan fingerprint density at radius 2 is 2.25 bits per heavy atom. The van der Waals surface area contributed by atoms with E-state index in [-0.39, 0.29) is 5.69 Å². The van der Waals surface area contributed by atoms with E-state index in [1.807, 2.05) is 13.0 Å². The van der Waals surface area contributed by atoms with Crippen LogP contribution in [0.4, 0.5) is 0 Å². The first kappa shape index (κ1) is 10.4. The number of hydrogen-bond acceptors (Lipinski definition) is 3. The molecule has 2 rings (SSSR count). The van der Waals surface area contributed by atoms with Gasteiger partial charge < -0.3 is 5.11 Å². The second-order valence-corrected chi connectivity index (χ2v) is 3.45. The van der Waals surface area contributed by atoms with Crippen LogP contribution in [0.15, 0.2) is 30.5 Å². The number of nitrogens with zero attached hydrogens (tertiary/aromatic N) is 3. The van der Waals surface area contributed by atoms with Crippen molar-refractivity contribution in [3.05, 3.63) is 47.5 Å². The van der Waals surface area contributed by atoms with E-state index in [0.717, 1.165) is 5.69 Å². The summed E-state index contributed by atoms with van der Waals surface area (Å²) in [5, 5.41) is 12.9. The summed E-state index contributed by atoms with van der Waals surface area (Å²) in [5.74, 6) is -1.01. The first-order valence-corrected chi connectivity index (χ1v) is 4.84. The van der Waals surface area contributed by atoms with Gasteiger partial charge in [0.05, 0.1) is 12.2 Å². The largest absolute Gasteiger partial charge is 0.477 e. The predicted molar refractivity (Wildman–Crippen MR) is 57.3 cm³/mol. The van der Waals surface area contributed by atoms with Gasteiger partial charge in [-0.25, -0.2) is 9.78 Å². The van der Waals surface area contributed by atoms with Crippen molar-refractivity contribution in [1.29, 1.82) is 0 Å². The van der Waals surface area contributed by atoms with E-state index >= 15 is 0 Å². The zero-order valence-electron chi connectivity index (χ0n) is 8.79. The number of hydrogen-bond donors (Lipinski definition) is 1. The Kier molecular flexibility index (Phi) is 2.68. The Morgan fingerprint density at radius 1 is 1.44 bits per heavy atom. The molecule has 2 aromatic heterocycles. The minimum Gasteiger partial charge on any atom is -0.477 e. The molecule has 5 nitrogen and oxygen atoms in total. The van der Waals surface area contributed by atoms with Gasteiger partial charge in [-0.2, -0.15) is 5.10 Å². The van der Waals surface area contributed by atoms with Crippen LogP contribution in [-0.2, 0) is 6.54 Å². The third kappa shape index (κ3) is 2.08. The Bertz CT molecular complexity index is 519. The molecule has 5 heteroatoms. The number of aromatic carboxylic acids is 1. The normalized spacial score (nSPS) is 10.3. The number of rotatable bonds is 3. The quantitative estimate of drug-likeness (QED) is 0.842. The summed E-state index contributed by atoms with van der Waals surface area (Å²) in [6.07, 6.45) is 1.70. The average Bonchev–Trinajstić information content (AvgIpc) is 2.65. The molecule has 2 aromatic rings. The third-order valence-corrected chi connectivity index (χ3v) is 2.27. The fraction of sp³-hybridized carbons (Fsp3) is 0.182. The first-order valence-electron chi connectivity index (χ1n) is 4.84. The monoisotopic (exact) mass is 217 g/mol. The highest BCUT2D eigenvalue weighted by Crippen LogP contribution is 2.04. The minimum absolute atomic E-state index is 0.0577. The van der Waals surface area contributed by atoms with E-state index in [1.54, 1.807) is 23.0 Å². The van der Waals surface area contributed by atoms with Gasteiger partial charge >= 0.3 is 5.97 Å². The van der Waals surface area contributed by atoms with Crippen molar-refractivity contribution in [2.24, 2.45) is 0 Å². The topological polar surface area (TPSA) is 68.0 Å². The molecule has 0 unspecified atom stereocenters. The van der Waals surface area contributed by atoms with Crippen molar-refractivity contribution in [3.8, 4) is 0 Å². The molecule has 0 saturated carbocycles.